The number of aromatic nitrogens is 1. The highest BCUT2D eigenvalue weighted by atomic mass is 32.1. The molecule has 2 atom stereocenters. The Bertz CT molecular complexity index is 979. The van der Waals surface area contributed by atoms with Crippen LogP contribution in [0.3, 0.4) is 0 Å². The lowest BCUT2D eigenvalue weighted by Gasteiger charge is -2.27. The summed E-state index contributed by atoms with van der Waals surface area (Å²) in [5.41, 5.74) is 0.929. The predicted molar refractivity (Wildman–Crippen MR) is 109 cm³/mol. The summed E-state index contributed by atoms with van der Waals surface area (Å²) in [6, 6.07) is 15.9. The molecule has 7 nitrogen and oxygen atoms in total. The molecule has 0 unspecified atom stereocenters. The summed E-state index contributed by atoms with van der Waals surface area (Å²) >= 11 is 1.31. The van der Waals surface area contributed by atoms with Crippen LogP contribution >= 0.6 is 11.3 Å². The van der Waals surface area contributed by atoms with Gasteiger partial charge in [-0.15, -0.1) is 11.3 Å². The van der Waals surface area contributed by atoms with Gasteiger partial charge in [-0.25, -0.2) is 4.98 Å². The Morgan fingerprint density at radius 2 is 1.86 bits per heavy atom. The van der Waals surface area contributed by atoms with Crippen molar-refractivity contribution in [3.8, 4) is 11.5 Å². The van der Waals surface area contributed by atoms with E-state index in [0.29, 0.717) is 23.1 Å². The van der Waals surface area contributed by atoms with Gasteiger partial charge >= 0.3 is 0 Å². The molecule has 148 valence electrons. The molecule has 2 heterocycles. The molecule has 2 N–H and O–H groups in total. The van der Waals surface area contributed by atoms with Crippen molar-refractivity contribution in [3.63, 3.8) is 0 Å². The van der Waals surface area contributed by atoms with Gasteiger partial charge in [0, 0.05) is 18.0 Å². The molecule has 0 saturated carbocycles. The molecule has 0 aliphatic carbocycles. The SMILES string of the molecule is O=C(N[C@H](Cc1ccccc1)C(=O)Nc1nccs1)[C@@H]1COc2ccccc2O1. The van der Waals surface area contributed by atoms with Crippen molar-refractivity contribution in [1.82, 2.24) is 10.3 Å². The second-order valence-electron chi connectivity index (χ2n) is 6.44. The maximum atomic E-state index is 12.8. The smallest absolute Gasteiger partial charge is 0.265 e. The minimum atomic E-state index is -0.837. The third-order valence-electron chi connectivity index (χ3n) is 4.38. The van der Waals surface area contributed by atoms with Crippen LogP contribution in [0.1, 0.15) is 5.56 Å². The van der Waals surface area contributed by atoms with Gasteiger partial charge in [0.25, 0.3) is 5.91 Å². The second-order valence-corrected chi connectivity index (χ2v) is 7.34. The molecular formula is C21H19N3O4S. The van der Waals surface area contributed by atoms with Gasteiger partial charge in [-0.2, -0.15) is 0 Å². The first kappa shape index (κ1) is 18.9. The maximum absolute atomic E-state index is 12.8. The molecule has 2 aromatic carbocycles. The van der Waals surface area contributed by atoms with E-state index in [4.69, 9.17) is 9.47 Å². The molecule has 1 aliphatic rings. The van der Waals surface area contributed by atoms with Crippen LogP contribution in [-0.4, -0.2) is 35.6 Å². The summed E-state index contributed by atoms with van der Waals surface area (Å²) in [5, 5.41) is 7.80. The number of nitrogens with zero attached hydrogens (tertiary/aromatic N) is 1. The first-order valence-corrected chi connectivity index (χ1v) is 10.00. The maximum Gasteiger partial charge on any atom is 0.265 e. The summed E-state index contributed by atoms with van der Waals surface area (Å²) in [6.07, 6.45) is 1.11. The van der Waals surface area contributed by atoms with Gasteiger partial charge in [-0.3, -0.25) is 9.59 Å². The quantitative estimate of drug-likeness (QED) is 0.653. The fraction of sp³-hybridized carbons (Fsp3) is 0.190. The Labute approximate surface area is 171 Å². The normalized spacial score (nSPS) is 15.9. The van der Waals surface area contributed by atoms with Crippen molar-refractivity contribution in [1.29, 1.82) is 0 Å². The van der Waals surface area contributed by atoms with Crippen molar-refractivity contribution in [2.75, 3.05) is 11.9 Å². The summed E-state index contributed by atoms with van der Waals surface area (Å²) in [6.45, 7) is 0.0784. The molecule has 0 radical (unpaired) electrons. The highest BCUT2D eigenvalue weighted by molar-refractivity contribution is 7.13. The molecule has 0 bridgehead atoms. The fourth-order valence-electron chi connectivity index (χ4n) is 2.95. The predicted octanol–water partition coefficient (Wildman–Crippen LogP) is 2.65. The Morgan fingerprint density at radius 3 is 2.62 bits per heavy atom. The van der Waals surface area contributed by atoms with Gasteiger partial charge in [0.1, 0.15) is 12.6 Å². The highest BCUT2D eigenvalue weighted by Gasteiger charge is 2.31. The number of hydrogen-bond donors (Lipinski definition) is 2. The van der Waals surface area contributed by atoms with Gasteiger partial charge in [-0.1, -0.05) is 42.5 Å². The lowest BCUT2D eigenvalue weighted by Crippen LogP contribution is -2.52. The molecule has 4 rings (SSSR count). The Hall–Kier alpha value is -3.39. The Morgan fingerprint density at radius 1 is 1.10 bits per heavy atom. The number of para-hydroxylation sites is 2. The van der Waals surface area contributed by atoms with E-state index in [1.807, 2.05) is 42.5 Å². The first-order chi connectivity index (χ1) is 14.2. The molecule has 1 aromatic heterocycles. The van der Waals surface area contributed by atoms with E-state index in [2.05, 4.69) is 15.6 Å². The molecule has 0 fully saturated rings. The van der Waals surface area contributed by atoms with Crippen LogP contribution in [0.25, 0.3) is 0 Å². The number of hydrogen-bond acceptors (Lipinski definition) is 6. The fourth-order valence-corrected chi connectivity index (χ4v) is 3.48. The number of carbonyl (C=O) groups excluding carboxylic acids is 2. The van der Waals surface area contributed by atoms with Crippen LogP contribution in [-0.2, 0) is 16.0 Å². The van der Waals surface area contributed by atoms with Crippen molar-refractivity contribution in [2.24, 2.45) is 0 Å². The number of carbonyl (C=O) groups is 2. The number of ether oxygens (including phenoxy) is 2. The molecular weight excluding hydrogens is 390 g/mol. The van der Waals surface area contributed by atoms with Crippen molar-refractivity contribution in [2.45, 2.75) is 18.6 Å². The zero-order valence-corrected chi connectivity index (χ0v) is 16.2. The number of rotatable bonds is 6. The molecule has 29 heavy (non-hydrogen) atoms. The summed E-state index contributed by atoms with van der Waals surface area (Å²) in [7, 11) is 0. The Kier molecular flexibility index (Phi) is 5.71. The first-order valence-electron chi connectivity index (χ1n) is 9.12. The van der Waals surface area contributed by atoms with Crippen LogP contribution < -0.4 is 20.1 Å². The molecule has 3 aromatic rings. The van der Waals surface area contributed by atoms with Crippen molar-refractivity contribution in [3.05, 3.63) is 71.7 Å². The van der Waals surface area contributed by atoms with Gasteiger partial charge in [0.15, 0.2) is 16.6 Å². The van der Waals surface area contributed by atoms with E-state index in [-0.39, 0.29) is 12.5 Å². The van der Waals surface area contributed by atoms with E-state index in [9.17, 15) is 9.59 Å². The summed E-state index contributed by atoms with van der Waals surface area (Å²) < 4.78 is 11.4. The largest absolute Gasteiger partial charge is 0.485 e. The van der Waals surface area contributed by atoms with Crippen LogP contribution in [0.2, 0.25) is 0 Å². The second kappa shape index (κ2) is 8.74. The number of benzene rings is 2. The minimum absolute atomic E-state index is 0.0784. The number of amides is 2. The number of fused-ring (bicyclic) bond motifs is 1. The van der Waals surface area contributed by atoms with Crippen molar-refractivity contribution < 1.29 is 19.1 Å². The molecule has 2 amide bonds. The van der Waals surface area contributed by atoms with Crippen LogP contribution in [0.5, 0.6) is 11.5 Å². The minimum Gasteiger partial charge on any atom is -0.485 e. The van der Waals surface area contributed by atoms with E-state index in [1.54, 1.807) is 23.7 Å². The summed E-state index contributed by atoms with van der Waals surface area (Å²) in [5.74, 6) is 0.355. The van der Waals surface area contributed by atoms with Gasteiger partial charge in [0.05, 0.1) is 0 Å². The third kappa shape index (κ3) is 4.72. The van der Waals surface area contributed by atoms with Crippen molar-refractivity contribution >= 4 is 28.3 Å². The standard InChI is InChI=1S/C21H19N3O4S/c25-19(24-21-22-10-11-29-21)15(12-14-6-2-1-3-7-14)23-20(26)18-13-27-16-8-4-5-9-17(16)28-18/h1-11,15,18H,12-13H2,(H,23,26)(H,22,24,25)/t15-,18+/m1/s1. The topological polar surface area (TPSA) is 89.6 Å². The zero-order chi connectivity index (χ0) is 20.1. The third-order valence-corrected chi connectivity index (χ3v) is 5.07. The van der Waals surface area contributed by atoms with E-state index in [1.165, 1.54) is 11.3 Å². The number of nitrogens with one attached hydrogen (secondary N) is 2. The van der Waals surface area contributed by atoms with Gasteiger partial charge in [0.2, 0.25) is 12.0 Å². The van der Waals surface area contributed by atoms with Crippen LogP contribution in [0.4, 0.5) is 5.13 Å². The lowest BCUT2D eigenvalue weighted by atomic mass is 10.0. The average molecular weight is 409 g/mol. The zero-order valence-electron chi connectivity index (χ0n) is 15.4. The average Bonchev–Trinajstić information content (AvgIpc) is 3.26. The molecule has 1 aliphatic heterocycles. The molecule has 0 saturated heterocycles. The molecule has 0 spiro atoms. The molecule has 8 heteroatoms. The monoisotopic (exact) mass is 409 g/mol. The lowest BCUT2D eigenvalue weighted by molar-refractivity contribution is -0.133. The van der Waals surface area contributed by atoms with Crippen LogP contribution in [0.15, 0.2) is 66.2 Å². The van der Waals surface area contributed by atoms with E-state index >= 15 is 0 Å². The number of thiazole rings is 1. The van der Waals surface area contributed by atoms with E-state index < -0.39 is 18.1 Å². The van der Waals surface area contributed by atoms with E-state index in [0.717, 1.165) is 5.56 Å². The highest BCUT2D eigenvalue weighted by Crippen LogP contribution is 2.30. The summed E-state index contributed by atoms with van der Waals surface area (Å²) in [4.78, 5) is 29.7. The van der Waals surface area contributed by atoms with Crippen LogP contribution in [0, 0.1) is 0 Å². The number of anilines is 1. The van der Waals surface area contributed by atoms with Gasteiger partial charge < -0.3 is 20.1 Å². The Balaban J connectivity index is 1.47. The van der Waals surface area contributed by atoms with Gasteiger partial charge in [-0.05, 0) is 17.7 Å².